The van der Waals surface area contributed by atoms with Crippen molar-refractivity contribution in [3.63, 3.8) is 0 Å². The molecular weight excluding hydrogens is 202 g/mol. The van der Waals surface area contributed by atoms with E-state index in [-0.39, 0.29) is 11.8 Å². The van der Waals surface area contributed by atoms with Crippen LogP contribution in [0.4, 0.5) is 0 Å². The predicted octanol–water partition coefficient (Wildman–Crippen LogP) is -0.314. The number of rotatable bonds is 4. The van der Waals surface area contributed by atoms with Crippen molar-refractivity contribution in [1.82, 2.24) is 4.90 Å². The van der Waals surface area contributed by atoms with Gasteiger partial charge >= 0.3 is 0 Å². The SMILES string of the molecule is CC(C)N=C(N)N(C)CCS(C)(=O)=O. The standard InChI is InChI=1S/C8H19N3O2S/c1-7(2)10-8(9)11(3)5-6-14(4,12)13/h7H,5-6H2,1-4H3,(H2,9,10). The van der Waals surface area contributed by atoms with Crippen LogP contribution in [-0.2, 0) is 9.84 Å². The summed E-state index contributed by atoms with van der Waals surface area (Å²) in [5, 5.41) is 0. The van der Waals surface area contributed by atoms with Gasteiger partial charge in [0.05, 0.1) is 5.75 Å². The summed E-state index contributed by atoms with van der Waals surface area (Å²) in [4.78, 5) is 5.74. The number of nitrogens with two attached hydrogens (primary N) is 1. The normalized spacial score (nSPS) is 13.4. The minimum absolute atomic E-state index is 0.0951. The van der Waals surface area contributed by atoms with Crippen LogP contribution in [0, 0.1) is 0 Å². The van der Waals surface area contributed by atoms with Crippen molar-refractivity contribution in [2.24, 2.45) is 10.7 Å². The minimum Gasteiger partial charge on any atom is -0.370 e. The van der Waals surface area contributed by atoms with Gasteiger partial charge in [0.1, 0.15) is 9.84 Å². The average Bonchev–Trinajstić information content (AvgIpc) is 1.97. The largest absolute Gasteiger partial charge is 0.370 e. The van der Waals surface area contributed by atoms with Crippen molar-refractivity contribution in [1.29, 1.82) is 0 Å². The Labute approximate surface area is 85.9 Å². The number of hydrogen-bond acceptors (Lipinski definition) is 3. The first-order valence-corrected chi connectivity index (χ1v) is 6.50. The van der Waals surface area contributed by atoms with Gasteiger partial charge in [-0.3, -0.25) is 4.99 Å². The van der Waals surface area contributed by atoms with Gasteiger partial charge in [-0.05, 0) is 13.8 Å². The summed E-state index contributed by atoms with van der Waals surface area (Å²) in [7, 11) is -1.20. The Bertz CT molecular complexity index is 296. The number of sulfone groups is 1. The molecule has 0 amide bonds. The summed E-state index contributed by atoms with van der Waals surface area (Å²) in [5.41, 5.74) is 5.63. The molecule has 0 saturated carbocycles. The molecule has 0 atom stereocenters. The molecular formula is C8H19N3O2S. The quantitative estimate of drug-likeness (QED) is 0.522. The maximum atomic E-state index is 10.9. The van der Waals surface area contributed by atoms with Gasteiger partial charge in [-0.2, -0.15) is 0 Å². The third-order valence-electron chi connectivity index (χ3n) is 1.58. The maximum absolute atomic E-state index is 10.9. The van der Waals surface area contributed by atoms with Gasteiger partial charge in [0.2, 0.25) is 0 Å². The average molecular weight is 221 g/mol. The number of nitrogens with zero attached hydrogens (tertiary/aromatic N) is 2. The van der Waals surface area contributed by atoms with Crippen LogP contribution in [-0.4, -0.2) is 50.9 Å². The number of aliphatic imine (C=N–C) groups is 1. The van der Waals surface area contributed by atoms with Gasteiger partial charge in [0.25, 0.3) is 0 Å². The van der Waals surface area contributed by atoms with Gasteiger partial charge in [-0.25, -0.2) is 8.42 Å². The van der Waals surface area contributed by atoms with Crippen LogP contribution in [0.2, 0.25) is 0 Å². The lowest BCUT2D eigenvalue weighted by Crippen LogP contribution is -2.37. The fourth-order valence-corrected chi connectivity index (χ4v) is 1.39. The second-order valence-corrected chi connectivity index (χ2v) is 5.89. The molecule has 0 aliphatic carbocycles. The second kappa shape index (κ2) is 5.19. The first kappa shape index (κ1) is 13.2. The molecule has 0 unspecified atom stereocenters. The number of hydrogen-bond donors (Lipinski definition) is 1. The molecule has 84 valence electrons. The van der Waals surface area contributed by atoms with E-state index in [1.165, 1.54) is 6.26 Å². The van der Waals surface area contributed by atoms with Crippen LogP contribution in [0.15, 0.2) is 4.99 Å². The first-order valence-electron chi connectivity index (χ1n) is 4.44. The van der Waals surface area contributed by atoms with Crippen molar-refractivity contribution in [2.45, 2.75) is 19.9 Å². The molecule has 0 rings (SSSR count). The number of guanidine groups is 1. The van der Waals surface area contributed by atoms with E-state index in [1.807, 2.05) is 13.8 Å². The lowest BCUT2D eigenvalue weighted by atomic mass is 10.4. The Kier molecular flexibility index (Phi) is 4.90. The van der Waals surface area contributed by atoms with Crippen LogP contribution in [0.5, 0.6) is 0 Å². The van der Waals surface area contributed by atoms with E-state index in [4.69, 9.17) is 5.73 Å². The van der Waals surface area contributed by atoms with Gasteiger partial charge in [-0.15, -0.1) is 0 Å². The molecule has 0 saturated heterocycles. The van der Waals surface area contributed by atoms with Gasteiger partial charge in [0, 0.05) is 25.9 Å². The molecule has 5 nitrogen and oxygen atoms in total. The third kappa shape index (κ3) is 6.71. The molecule has 0 aromatic heterocycles. The molecule has 0 spiro atoms. The monoisotopic (exact) mass is 221 g/mol. The van der Waals surface area contributed by atoms with Crippen molar-refractivity contribution < 1.29 is 8.42 Å². The van der Waals surface area contributed by atoms with Gasteiger partial charge < -0.3 is 10.6 Å². The molecule has 14 heavy (non-hydrogen) atoms. The van der Waals surface area contributed by atoms with Crippen molar-refractivity contribution in [3.05, 3.63) is 0 Å². The maximum Gasteiger partial charge on any atom is 0.191 e. The van der Waals surface area contributed by atoms with Gasteiger partial charge in [-0.1, -0.05) is 0 Å². The van der Waals surface area contributed by atoms with E-state index < -0.39 is 9.84 Å². The highest BCUT2D eigenvalue weighted by atomic mass is 32.2. The van der Waals surface area contributed by atoms with Crippen LogP contribution in [0.25, 0.3) is 0 Å². The second-order valence-electron chi connectivity index (χ2n) is 3.63. The minimum atomic E-state index is -2.93. The van der Waals surface area contributed by atoms with Crippen LogP contribution in [0.3, 0.4) is 0 Å². The van der Waals surface area contributed by atoms with Crippen LogP contribution in [0.1, 0.15) is 13.8 Å². The highest BCUT2D eigenvalue weighted by molar-refractivity contribution is 7.90. The fourth-order valence-electron chi connectivity index (χ4n) is 0.780. The summed E-state index contributed by atoms with van der Waals surface area (Å²) in [5.74, 6) is 0.473. The summed E-state index contributed by atoms with van der Waals surface area (Å²) in [6, 6.07) is 0.121. The Hall–Kier alpha value is -0.780. The molecule has 0 bridgehead atoms. The summed E-state index contributed by atoms with van der Waals surface area (Å²) >= 11 is 0. The molecule has 0 aliphatic rings. The highest BCUT2D eigenvalue weighted by Crippen LogP contribution is 1.91. The summed E-state index contributed by atoms with van der Waals surface area (Å²) < 4.78 is 21.7. The molecule has 0 heterocycles. The zero-order valence-electron chi connectivity index (χ0n) is 9.19. The Morgan fingerprint density at radius 3 is 2.36 bits per heavy atom. The summed E-state index contributed by atoms with van der Waals surface area (Å²) in [6.45, 7) is 4.20. The third-order valence-corrected chi connectivity index (χ3v) is 2.50. The van der Waals surface area contributed by atoms with Crippen molar-refractivity contribution in [2.75, 3.05) is 25.6 Å². The lowest BCUT2D eigenvalue weighted by molar-refractivity contribution is 0.516. The molecule has 2 N–H and O–H groups in total. The van der Waals surface area contributed by atoms with Crippen molar-refractivity contribution >= 4 is 15.8 Å². The van der Waals surface area contributed by atoms with E-state index in [0.29, 0.717) is 12.5 Å². The van der Waals surface area contributed by atoms with Crippen LogP contribution >= 0.6 is 0 Å². The zero-order valence-corrected chi connectivity index (χ0v) is 10.0. The molecule has 0 aromatic rings. The molecule has 0 aromatic carbocycles. The first-order chi connectivity index (χ1) is 6.22. The van der Waals surface area contributed by atoms with E-state index in [1.54, 1.807) is 11.9 Å². The molecule has 0 radical (unpaired) electrons. The van der Waals surface area contributed by atoms with E-state index in [2.05, 4.69) is 4.99 Å². The molecule has 0 fully saturated rings. The Balaban J connectivity index is 4.16. The Morgan fingerprint density at radius 1 is 1.50 bits per heavy atom. The highest BCUT2D eigenvalue weighted by Gasteiger charge is 2.07. The topological polar surface area (TPSA) is 75.8 Å². The van der Waals surface area contributed by atoms with E-state index in [9.17, 15) is 8.42 Å². The van der Waals surface area contributed by atoms with E-state index in [0.717, 1.165) is 0 Å². The van der Waals surface area contributed by atoms with Gasteiger partial charge in [0.15, 0.2) is 5.96 Å². The molecule has 6 heteroatoms. The molecule has 0 aliphatic heterocycles. The Morgan fingerprint density at radius 2 is 2.00 bits per heavy atom. The summed E-state index contributed by atoms with van der Waals surface area (Å²) in [6.07, 6.45) is 1.20. The lowest BCUT2D eigenvalue weighted by Gasteiger charge is -2.17. The zero-order chi connectivity index (χ0) is 11.4. The predicted molar refractivity (Wildman–Crippen MR) is 59.1 cm³/mol. The smallest absolute Gasteiger partial charge is 0.191 e. The van der Waals surface area contributed by atoms with Crippen LogP contribution < -0.4 is 5.73 Å². The van der Waals surface area contributed by atoms with Crippen molar-refractivity contribution in [3.8, 4) is 0 Å². The van der Waals surface area contributed by atoms with E-state index >= 15 is 0 Å². The fraction of sp³-hybridized carbons (Fsp3) is 0.875.